The highest BCUT2D eigenvalue weighted by Gasteiger charge is 2.31. The Balaban J connectivity index is 2.05. The van der Waals surface area contributed by atoms with Crippen molar-refractivity contribution in [3.05, 3.63) is 17.3 Å². The summed E-state index contributed by atoms with van der Waals surface area (Å²) in [5.74, 6) is 1.61. The number of rotatable bonds is 3. The fourth-order valence-corrected chi connectivity index (χ4v) is 3.67. The van der Waals surface area contributed by atoms with Crippen molar-refractivity contribution in [3.8, 4) is 0 Å². The molecule has 3 rings (SSSR count). The van der Waals surface area contributed by atoms with Gasteiger partial charge in [0, 0.05) is 24.2 Å². The Labute approximate surface area is 111 Å². The maximum absolute atomic E-state index is 9.63. The third-order valence-corrected chi connectivity index (χ3v) is 4.59. The first-order valence-electron chi connectivity index (χ1n) is 6.54. The fraction of sp³-hybridized carbons (Fsp3) is 0.615. The molecule has 1 N–H and O–H groups in total. The lowest BCUT2D eigenvalue weighted by atomic mass is 10.0. The molecule has 0 spiro atoms. The quantitative estimate of drug-likeness (QED) is 0.927. The van der Waals surface area contributed by atoms with Gasteiger partial charge in [0.2, 0.25) is 0 Å². The molecule has 3 heterocycles. The predicted octanol–water partition coefficient (Wildman–Crippen LogP) is 2.51. The van der Waals surface area contributed by atoms with Gasteiger partial charge >= 0.3 is 0 Å². The van der Waals surface area contributed by atoms with Crippen LogP contribution in [0.5, 0.6) is 0 Å². The molecule has 2 aromatic rings. The largest absolute Gasteiger partial charge is 0.390 e. The molecule has 0 saturated carbocycles. The zero-order chi connectivity index (χ0) is 12.7. The Kier molecular flexibility index (Phi) is 3.03. The Morgan fingerprint density at radius 3 is 3.11 bits per heavy atom. The van der Waals surface area contributed by atoms with Crippen LogP contribution in [0.3, 0.4) is 0 Å². The first kappa shape index (κ1) is 12.0. The molecule has 0 bridgehead atoms. The highest BCUT2D eigenvalue weighted by atomic mass is 32.1. The summed E-state index contributed by atoms with van der Waals surface area (Å²) in [5, 5.41) is 11.6. The van der Waals surface area contributed by atoms with Crippen molar-refractivity contribution >= 4 is 22.1 Å². The van der Waals surface area contributed by atoms with E-state index >= 15 is 0 Å². The molecule has 1 atom stereocenters. The van der Waals surface area contributed by atoms with Crippen LogP contribution in [0.25, 0.3) is 4.96 Å². The van der Waals surface area contributed by atoms with Gasteiger partial charge in [-0.2, -0.15) is 0 Å². The van der Waals surface area contributed by atoms with Crippen molar-refractivity contribution in [1.29, 1.82) is 0 Å². The highest BCUT2D eigenvalue weighted by Crippen LogP contribution is 2.33. The Morgan fingerprint density at radius 1 is 1.56 bits per heavy atom. The van der Waals surface area contributed by atoms with Crippen LogP contribution in [0.1, 0.15) is 32.4 Å². The van der Waals surface area contributed by atoms with Gasteiger partial charge in [-0.25, -0.2) is 4.98 Å². The molecule has 0 amide bonds. The first-order chi connectivity index (χ1) is 8.72. The maximum atomic E-state index is 9.63. The van der Waals surface area contributed by atoms with Gasteiger partial charge in [0.1, 0.15) is 0 Å². The van der Waals surface area contributed by atoms with Gasteiger partial charge in [0.05, 0.1) is 12.3 Å². The Hall–Kier alpha value is -1.07. The van der Waals surface area contributed by atoms with E-state index in [4.69, 9.17) is 4.98 Å². The summed E-state index contributed by atoms with van der Waals surface area (Å²) < 4.78 is 2.01. The van der Waals surface area contributed by atoms with Crippen LogP contribution in [0.15, 0.2) is 11.6 Å². The molecule has 1 unspecified atom stereocenters. The molecule has 1 aliphatic rings. The molecular weight excluding hydrogens is 246 g/mol. The molecule has 1 aliphatic heterocycles. The first-order valence-corrected chi connectivity index (χ1v) is 7.42. The summed E-state index contributed by atoms with van der Waals surface area (Å²) in [6.07, 6.45) is 4.44. The van der Waals surface area contributed by atoms with E-state index in [0.717, 1.165) is 23.0 Å². The van der Waals surface area contributed by atoms with Crippen molar-refractivity contribution in [2.45, 2.75) is 39.3 Å². The fourth-order valence-electron chi connectivity index (χ4n) is 2.95. The number of hydrogen-bond acceptors (Lipinski definition) is 4. The molecule has 1 saturated heterocycles. The minimum absolute atomic E-state index is 0.0501. The minimum Gasteiger partial charge on any atom is -0.390 e. The summed E-state index contributed by atoms with van der Waals surface area (Å²) in [6, 6.07) is 0.555. The van der Waals surface area contributed by atoms with Crippen LogP contribution in [0.2, 0.25) is 0 Å². The van der Waals surface area contributed by atoms with Crippen LogP contribution < -0.4 is 4.90 Å². The van der Waals surface area contributed by atoms with Crippen LogP contribution in [0.4, 0.5) is 5.82 Å². The van der Waals surface area contributed by atoms with Gasteiger partial charge in [-0.3, -0.25) is 4.40 Å². The maximum Gasteiger partial charge on any atom is 0.195 e. The number of imidazole rings is 1. The standard InChI is InChI=1S/C13H19N3OS/c1-9(2)10-4-3-5-15(10)12-11(8-17)16-6-7-18-13(16)14-12/h6-7,9-10,17H,3-5,8H2,1-2H3. The van der Waals surface area contributed by atoms with Crippen molar-refractivity contribution in [2.24, 2.45) is 5.92 Å². The minimum atomic E-state index is 0.0501. The molecule has 0 aliphatic carbocycles. The molecular formula is C13H19N3OS. The average molecular weight is 265 g/mol. The normalized spacial score (nSPS) is 20.4. The van der Waals surface area contributed by atoms with E-state index < -0.39 is 0 Å². The number of aliphatic hydroxyl groups excluding tert-OH is 1. The summed E-state index contributed by atoms with van der Waals surface area (Å²) in [4.78, 5) is 8.07. The van der Waals surface area contributed by atoms with Crippen molar-refractivity contribution in [2.75, 3.05) is 11.4 Å². The second-order valence-electron chi connectivity index (χ2n) is 5.24. The van der Waals surface area contributed by atoms with Gasteiger partial charge in [-0.05, 0) is 18.8 Å². The third-order valence-electron chi connectivity index (χ3n) is 3.83. The number of aliphatic hydroxyl groups is 1. The molecule has 2 aromatic heterocycles. The number of aromatic nitrogens is 2. The van der Waals surface area contributed by atoms with Crippen molar-refractivity contribution < 1.29 is 5.11 Å². The van der Waals surface area contributed by atoms with E-state index in [2.05, 4.69) is 18.7 Å². The van der Waals surface area contributed by atoms with Crippen molar-refractivity contribution in [3.63, 3.8) is 0 Å². The van der Waals surface area contributed by atoms with Crippen molar-refractivity contribution in [1.82, 2.24) is 9.38 Å². The van der Waals surface area contributed by atoms with Gasteiger partial charge < -0.3 is 10.0 Å². The summed E-state index contributed by atoms with van der Waals surface area (Å²) in [6.45, 7) is 5.63. The smallest absolute Gasteiger partial charge is 0.195 e. The molecule has 5 heteroatoms. The van der Waals surface area contributed by atoms with Crippen LogP contribution in [-0.2, 0) is 6.61 Å². The number of anilines is 1. The van der Waals surface area contributed by atoms with Gasteiger partial charge in [0.15, 0.2) is 10.8 Å². The van der Waals surface area contributed by atoms with Gasteiger partial charge in [-0.1, -0.05) is 13.8 Å². The monoisotopic (exact) mass is 265 g/mol. The lowest BCUT2D eigenvalue weighted by Gasteiger charge is -2.28. The van der Waals surface area contributed by atoms with E-state index in [0.29, 0.717) is 12.0 Å². The number of fused-ring (bicyclic) bond motifs is 1. The SMILES string of the molecule is CC(C)C1CCCN1c1nc2sccn2c1CO. The number of hydrogen-bond donors (Lipinski definition) is 1. The average Bonchev–Trinajstić information content (AvgIpc) is 3.02. The lowest BCUT2D eigenvalue weighted by Crippen LogP contribution is -2.34. The predicted molar refractivity (Wildman–Crippen MR) is 74.2 cm³/mol. The van der Waals surface area contributed by atoms with E-state index in [1.165, 1.54) is 12.8 Å². The molecule has 98 valence electrons. The Morgan fingerprint density at radius 2 is 2.39 bits per heavy atom. The third kappa shape index (κ3) is 1.73. The van der Waals surface area contributed by atoms with Gasteiger partial charge in [-0.15, -0.1) is 11.3 Å². The van der Waals surface area contributed by atoms with Crippen LogP contribution in [-0.4, -0.2) is 27.1 Å². The molecule has 4 nitrogen and oxygen atoms in total. The van der Waals surface area contributed by atoms with E-state index in [-0.39, 0.29) is 6.61 Å². The molecule has 1 fully saturated rings. The van der Waals surface area contributed by atoms with Crippen LogP contribution >= 0.6 is 11.3 Å². The molecule has 18 heavy (non-hydrogen) atoms. The second kappa shape index (κ2) is 4.55. The van der Waals surface area contributed by atoms with E-state index in [1.54, 1.807) is 11.3 Å². The van der Waals surface area contributed by atoms with E-state index in [9.17, 15) is 5.11 Å². The van der Waals surface area contributed by atoms with Gasteiger partial charge in [0.25, 0.3) is 0 Å². The topological polar surface area (TPSA) is 40.8 Å². The summed E-state index contributed by atoms with van der Waals surface area (Å²) >= 11 is 1.62. The summed E-state index contributed by atoms with van der Waals surface area (Å²) in [7, 11) is 0. The molecule has 0 radical (unpaired) electrons. The molecule has 0 aromatic carbocycles. The number of nitrogens with zero attached hydrogens (tertiary/aromatic N) is 3. The zero-order valence-electron chi connectivity index (χ0n) is 10.8. The zero-order valence-corrected chi connectivity index (χ0v) is 11.7. The highest BCUT2D eigenvalue weighted by molar-refractivity contribution is 7.15. The van der Waals surface area contributed by atoms with E-state index in [1.807, 2.05) is 16.0 Å². The lowest BCUT2D eigenvalue weighted by molar-refractivity contribution is 0.276. The Bertz CT molecular complexity index is 545. The van der Waals surface area contributed by atoms with Crippen LogP contribution in [0, 0.1) is 5.92 Å². The number of thiazole rings is 1. The summed E-state index contributed by atoms with van der Waals surface area (Å²) in [5.41, 5.74) is 0.929. The second-order valence-corrected chi connectivity index (χ2v) is 6.12.